The molecule has 2 aromatic rings. The maximum Gasteiger partial charge on any atom is 0.337 e. The second kappa shape index (κ2) is 11.4. The first-order valence-electron chi connectivity index (χ1n) is 10.6. The van der Waals surface area contributed by atoms with Crippen LogP contribution in [0.1, 0.15) is 66.2 Å². The first-order chi connectivity index (χ1) is 13.8. The van der Waals surface area contributed by atoms with Gasteiger partial charge < -0.3 is 9.15 Å². The van der Waals surface area contributed by atoms with Crippen molar-refractivity contribution in [2.24, 2.45) is 11.3 Å². The fourth-order valence-electron chi connectivity index (χ4n) is 3.05. The molecular formula is C24H34O4S. The molecule has 0 fully saturated rings. The van der Waals surface area contributed by atoms with Crippen molar-refractivity contribution >= 4 is 28.7 Å². The summed E-state index contributed by atoms with van der Waals surface area (Å²) >= 11 is 1.70. The van der Waals surface area contributed by atoms with E-state index in [2.05, 4.69) is 13.8 Å². The average Bonchev–Trinajstić information content (AvgIpc) is 2.68. The molecule has 29 heavy (non-hydrogen) atoms. The Morgan fingerprint density at radius 1 is 1.14 bits per heavy atom. The predicted octanol–water partition coefficient (Wildman–Crippen LogP) is 6.45. The molecule has 0 aliphatic carbocycles. The maximum absolute atomic E-state index is 12.2. The van der Waals surface area contributed by atoms with Crippen LogP contribution in [0.2, 0.25) is 0 Å². The van der Waals surface area contributed by atoms with Crippen molar-refractivity contribution < 1.29 is 13.9 Å². The molecule has 1 aromatic carbocycles. The van der Waals surface area contributed by atoms with Gasteiger partial charge in [-0.3, -0.25) is 4.79 Å². The van der Waals surface area contributed by atoms with Gasteiger partial charge in [0.1, 0.15) is 5.58 Å². The molecule has 0 unspecified atom stereocenters. The Morgan fingerprint density at radius 2 is 1.86 bits per heavy atom. The minimum atomic E-state index is -0.397. The molecule has 0 amide bonds. The summed E-state index contributed by atoms with van der Waals surface area (Å²) in [6, 6.07) is 9.22. The summed E-state index contributed by atoms with van der Waals surface area (Å²) in [7, 11) is 0. The van der Waals surface area contributed by atoms with E-state index in [4.69, 9.17) is 9.15 Å². The van der Waals surface area contributed by atoms with E-state index in [1.807, 2.05) is 38.1 Å². The van der Waals surface area contributed by atoms with E-state index in [9.17, 15) is 9.59 Å². The molecule has 0 radical (unpaired) electrons. The number of benzene rings is 1. The highest BCUT2D eigenvalue weighted by Gasteiger charge is 2.28. The van der Waals surface area contributed by atoms with Gasteiger partial charge in [0.15, 0.2) is 0 Å². The van der Waals surface area contributed by atoms with Crippen LogP contribution in [0.5, 0.6) is 0 Å². The fraction of sp³-hybridized carbons (Fsp3) is 0.583. The van der Waals surface area contributed by atoms with Gasteiger partial charge in [0.2, 0.25) is 0 Å². The molecule has 5 heteroatoms. The van der Waals surface area contributed by atoms with Gasteiger partial charge in [-0.05, 0) is 57.3 Å². The number of ether oxygens (including phenoxy) is 1. The van der Waals surface area contributed by atoms with Gasteiger partial charge in [-0.25, -0.2) is 4.79 Å². The van der Waals surface area contributed by atoms with Crippen molar-refractivity contribution in [2.45, 2.75) is 71.1 Å². The summed E-state index contributed by atoms with van der Waals surface area (Å²) < 4.78 is 10.7. The number of esters is 1. The highest BCUT2D eigenvalue weighted by atomic mass is 32.2. The Labute approximate surface area is 178 Å². The SMILES string of the molecule is CC(C)CCC(C)(C)C(=O)OCCCCCCSc1cc(=O)oc2ccccc12. The molecule has 4 nitrogen and oxygen atoms in total. The van der Waals surface area contributed by atoms with Gasteiger partial charge in [0.25, 0.3) is 0 Å². The lowest BCUT2D eigenvalue weighted by atomic mass is 9.85. The summed E-state index contributed by atoms with van der Waals surface area (Å²) in [5.41, 5.74) is -0.0588. The predicted molar refractivity (Wildman–Crippen MR) is 120 cm³/mol. The molecule has 0 bridgehead atoms. The van der Waals surface area contributed by atoms with E-state index in [0.717, 1.165) is 54.6 Å². The van der Waals surface area contributed by atoms with Crippen LogP contribution in [0.3, 0.4) is 0 Å². The van der Waals surface area contributed by atoms with Crippen LogP contribution in [-0.2, 0) is 9.53 Å². The smallest absolute Gasteiger partial charge is 0.337 e. The first kappa shape index (κ1) is 23.5. The lowest BCUT2D eigenvalue weighted by Gasteiger charge is -2.23. The highest BCUT2D eigenvalue weighted by Crippen LogP contribution is 2.28. The Balaban J connectivity index is 1.62. The molecule has 2 rings (SSSR count). The minimum Gasteiger partial charge on any atom is -0.465 e. The van der Waals surface area contributed by atoms with Gasteiger partial charge >= 0.3 is 11.6 Å². The van der Waals surface area contributed by atoms with Gasteiger partial charge in [-0.1, -0.05) is 44.9 Å². The topological polar surface area (TPSA) is 56.5 Å². The molecule has 0 N–H and O–H groups in total. The highest BCUT2D eigenvalue weighted by molar-refractivity contribution is 7.99. The number of unbranched alkanes of at least 4 members (excludes halogenated alkanes) is 3. The van der Waals surface area contributed by atoms with E-state index >= 15 is 0 Å². The van der Waals surface area contributed by atoms with E-state index in [-0.39, 0.29) is 11.6 Å². The zero-order valence-electron chi connectivity index (χ0n) is 18.2. The summed E-state index contributed by atoms with van der Waals surface area (Å²) in [5, 5.41) is 0.990. The van der Waals surface area contributed by atoms with Crippen LogP contribution in [0, 0.1) is 11.3 Å². The fourth-order valence-corrected chi connectivity index (χ4v) is 4.12. The largest absolute Gasteiger partial charge is 0.465 e. The normalized spacial score (nSPS) is 11.9. The van der Waals surface area contributed by atoms with Crippen molar-refractivity contribution in [3.63, 3.8) is 0 Å². The molecule has 0 spiro atoms. The molecule has 1 heterocycles. The number of rotatable bonds is 12. The lowest BCUT2D eigenvalue weighted by Crippen LogP contribution is -2.27. The zero-order valence-corrected chi connectivity index (χ0v) is 19.0. The number of thioether (sulfide) groups is 1. The second-order valence-corrected chi connectivity index (χ2v) is 9.78. The number of carbonyl (C=O) groups excluding carboxylic acids is 1. The van der Waals surface area contributed by atoms with Crippen molar-refractivity contribution in [3.05, 3.63) is 40.8 Å². The van der Waals surface area contributed by atoms with Crippen molar-refractivity contribution in [2.75, 3.05) is 12.4 Å². The number of hydrogen-bond donors (Lipinski definition) is 0. The van der Waals surface area contributed by atoms with Crippen LogP contribution in [0.25, 0.3) is 11.0 Å². The van der Waals surface area contributed by atoms with Gasteiger partial charge in [0.05, 0.1) is 12.0 Å². The molecule has 1 aromatic heterocycles. The lowest BCUT2D eigenvalue weighted by molar-refractivity contribution is -0.154. The molecule has 0 aliphatic rings. The standard InChI is InChI=1S/C24H34O4S/c1-18(2)13-14-24(3,4)23(26)27-15-9-5-6-10-16-29-21-17-22(25)28-20-12-8-7-11-19(20)21/h7-8,11-12,17-18H,5-6,9-10,13-16H2,1-4H3. The van der Waals surface area contributed by atoms with Crippen LogP contribution >= 0.6 is 11.8 Å². The Kier molecular flexibility index (Phi) is 9.28. The van der Waals surface area contributed by atoms with Crippen LogP contribution in [-0.4, -0.2) is 18.3 Å². The molecule has 160 valence electrons. The molecule has 0 saturated heterocycles. The Morgan fingerprint density at radius 3 is 2.62 bits per heavy atom. The zero-order chi connectivity index (χ0) is 21.3. The summed E-state index contributed by atoms with van der Waals surface area (Å²) in [6.07, 6.45) is 5.99. The van der Waals surface area contributed by atoms with Crippen LogP contribution in [0.15, 0.2) is 44.4 Å². The van der Waals surface area contributed by atoms with E-state index in [1.54, 1.807) is 17.8 Å². The Bertz CT molecular complexity index is 838. The summed E-state index contributed by atoms with van der Waals surface area (Å²) in [5.74, 6) is 1.47. The second-order valence-electron chi connectivity index (χ2n) is 8.64. The monoisotopic (exact) mass is 418 g/mol. The first-order valence-corrected chi connectivity index (χ1v) is 11.6. The molecular weight excluding hydrogens is 384 g/mol. The third-order valence-electron chi connectivity index (χ3n) is 5.04. The van der Waals surface area contributed by atoms with E-state index in [0.29, 0.717) is 18.1 Å². The molecule has 0 aliphatic heterocycles. The number of fused-ring (bicyclic) bond motifs is 1. The van der Waals surface area contributed by atoms with Gasteiger partial charge in [-0.2, -0.15) is 0 Å². The number of hydrogen-bond acceptors (Lipinski definition) is 5. The molecule has 0 saturated carbocycles. The maximum atomic E-state index is 12.2. The Hall–Kier alpha value is -1.75. The summed E-state index contributed by atoms with van der Waals surface area (Å²) in [4.78, 5) is 24.9. The van der Waals surface area contributed by atoms with Crippen LogP contribution in [0.4, 0.5) is 0 Å². The van der Waals surface area contributed by atoms with Crippen molar-refractivity contribution in [1.29, 1.82) is 0 Å². The quantitative estimate of drug-likeness (QED) is 0.171. The third kappa shape index (κ3) is 7.88. The van der Waals surface area contributed by atoms with Crippen molar-refractivity contribution in [3.8, 4) is 0 Å². The van der Waals surface area contributed by atoms with Crippen LogP contribution < -0.4 is 5.63 Å². The van der Waals surface area contributed by atoms with E-state index < -0.39 is 5.41 Å². The minimum absolute atomic E-state index is 0.0801. The number of carbonyl (C=O) groups is 1. The molecule has 0 atom stereocenters. The van der Waals surface area contributed by atoms with Gasteiger partial charge in [-0.15, -0.1) is 11.8 Å². The average molecular weight is 419 g/mol. The number of para-hydroxylation sites is 1. The van der Waals surface area contributed by atoms with Crippen molar-refractivity contribution in [1.82, 2.24) is 0 Å². The summed E-state index contributed by atoms with van der Waals surface area (Å²) in [6.45, 7) is 8.80. The van der Waals surface area contributed by atoms with E-state index in [1.165, 1.54) is 0 Å². The van der Waals surface area contributed by atoms with Gasteiger partial charge in [0, 0.05) is 16.3 Å². The third-order valence-corrected chi connectivity index (χ3v) is 6.18.